The van der Waals surface area contributed by atoms with Crippen LogP contribution >= 0.6 is 0 Å². The van der Waals surface area contributed by atoms with Crippen molar-refractivity contribution in [2.45, 2.75) is 57.9 Å². The molecule has 2 atom stereocenters. The molecule has 0 unspecified atom stereocenters. The number of carbonyl (C=O) groups excluding carboxylic acids is 1. The zero-order valence-electron chi connectivity index (χ0n) is 11.3. The van der Waals surface area contributed by atoms with Crippen molar-refractivity contribution in [3.05, 3.63) is 12.2 Å². The zero-order chi connectivity index (χ0) is 13.0. The fourth-order valence-corrected chi connectivity index (χ4v) is 3.24. The lowest BCUT2D eigenvalue weighted by molar-refractivity contribution is -0.124. The highest BCUT2D eigenvalue weighted by atomic mass is 16.3. The summed E-state index contributed by atoms with van der Waals surface area (Å²) in [7, 11) is 0. The highest BCUT2D eigenvalue weighted by molar-refractivity contribution is 5.77. The molecule has 3 nitrogen and oxygen atoms in total. The van der Waals surface area contributed by atoms with Crippen molar-refractivity contribution >= 4 is 5.91 Å². The smallest absolute Gasteiger partial charge is 0.221 e. The van der Waals surface area contributed by atoms with Gasteiger partial charge in [-0.2, -0.15) is 0 Å². The summed E-state index contributed by atoms with van der Waals surface area (Å²) in [6.07, 6.45) is 11.7. The predicted octanol–water partition coefficient (Wildman–Crippen LogP) is 2.40. The largest absolute Gasteiger partial charge is 0.396 e. The number of hydrogen-bond donors (Lipinski definition) is 2. The molecule has 1 saturated carbocycles. The van der Waals surface area contributed by atoms with Crippen molar-refractivity contribution in [1.29, 1.82) is 0 Å². The van der Waals surface area contributed by atoms with Crippen molar-refractivity contribution in [2.24, 2.45) is 11.3 Å². The van der Waals surface area contributed by atoms with Crippen molar-refractivity contribution in [2.75, 3.05) is 6.61 Å². The van der Waals surface area contributed by atoms with E-state index >= 15 is 0 Å². The van der Waals surface area contributed by atoms with Crippen molar-refractivity contribution in [3.8, 4) is 0 Å². The minimum atomic E-state index is 0.127. The third kappa shape index (κ3) is 3.58. The average Bonchev–Trinajstić information content (AvgIpc) is 2.76. The van der Waals surface area contributed by atoms with Crippen LogP contribution < -0.4 is 5.32 Å². The number of rotatable bonds is 4. The highest BCUT2D eigenvalue weighted by Crippen LogP contribution is 2.38. The Morgan fingerprint density at radius 2 is 2.06 bits per heavy atom. The van der Waals surface area contributed by atoms with Crippen LogP contribution in [0.5, 0.6) is 0 Å². The third-order valence-corrected chi connectivity index (χ3v) is 4.40. The fraction of sp³-hybridized carbons (Fsp3) is 0.800. The van der Waals surface area contributed by atoms with Gasteiger partial charge in [-0.1, -0.05) is 38.3 Å². The van der Waals surface area contributed by atoms with E-state index in [1.807, 2.05) is 12.2 Å². The number of hydrogen-bond acceptors (Lipinski definition) is 2. The Morgan fingerprint density at radius 1 is 1.33 bits per heavy atom. The summed E-state index contributed by atoms with van der Waals surface area (Å²) in [5.74, 6) is 0.396. The molecule has 3 heteroatoms. The molecule has 2 rings (SSSR count). The summed E-state index contributed by atoms with van der Waals surface area (Å²) in [6, 6.07) is 0.127. The van der Waals surface area contributed by atoms with Gasteiger partial charge in [0.15, 0.2) is 0 Å². The maximum absolute atomic E-state index is 12.1. The van der Waals surface area contributed by atoms with E-state index < -0.39 is 0 Å². The van der Waals surface area contributed by atoms with Crippen molar-refractivity contribution in [1.82, 2.24) is 5.32 Å². The van der Waals surface area contributed by atoms with Crippen LogP contribution in [-0.2, 0) is 4.79 Å². The molecule has 0 bridgehead atoms. The van der Waals surface area contributed by atoms with Gasteiger partial charge in [-0.05, 0) is 24.7 Å². The predicted molar refractivity (Wildman–Crippen MR) is 72.1 cm³/mol. The molecule has 1 amide bonds. The lowest BCUT2D eigenvalue weighted by Crippen LogP contribution is -2.37. The van der Waals surface area contributed by atoms with E-state index in [4.69, 9.17) is 5.11 Å². The molecule has 0 spiro atoms. The monoisotopic (exact) mass is 251 g/mol. The highest BCUT2D eigenvalue weighted by Gasteiger charge is 2.30. The molecule has 0 heterocycles. The van der Waals surface area contributed by atoms with Gasteiger partial charge in [0.1, 0.15) is 0 Å². The number of aliphatic hydroxyl groups is 1. The quantitative estimate of drug-likeness (QED) is 0.754. The van der Waals surface area contributed by atoms with E-state index in [0.717, 1.165) is 6.42 Å². The Kier molecular flexibility index (Phi) is 4.44. The molecular formula is C15H25NO2. The molecule has 102 valence electrons. The minimum Gasteiger partial charge on any atom is -0.396 e. The second-order valence-corrected chi connectivity index (χ2v) is 6.29. The summed E-state index contributed by atoms with van der Waals surface area (Å²) in [5, 5.41) is 12.1. The molecule has 0 saturated heterocycles. The van der Waals surface area contributed by atoms with Gasteiger partial charge in [0, 0.05) is 25.0 Å². The minimum absolute atomic E-state index is 0.127. The summed E-state index contributed by atoms with van der Waals surface area (Å²) in [4.78, 5) is 12.1. The first-order chi connectivity index (χ1) is 8.61. The van der Waals surface area contributed by atoms with Gasteiger partial charge >= 0.3 is 0 Å². The van der Waals surface area contributed by atoms with E-state index in [2.05, 4.69) is 12.2 Å². The van der Waals surface area contributed by atoms with Gasteiger partial charge in [0.05, 0.1) is 0 Å². The van der Waals surface area contributed by atoms with Gasteiger partial charge in [-0.3, -0.25) is 4.79 Å². The molecule has 0 aromatic heterocycles. The molecule has 2 N–H and O–H groups in total. The molecule has 0 aromatic rings. The second-order valence-electron chi connectivity index (χ2n) is 6.29. The third-order valence-electron chi connectivity index (χ3n) is 4.40. The van der Waals surface area contributed by atoms with Gasteiger partial charge in [0.2, 0.25) is 5.91 Å². The maximum atomic E-state index is 12.1. The first-order valence-corrected chi connectivity index (χ1v) is 7.20. The van der Waals surface area contributed by atoms with Crippen molar-refractivity contribution in [3.63, 3.8) is 0 Å². The first kappa shape index (κ1) is 13.6. The Morgan fingerprint density at radius 3 is 2.67 bits per heavy atom. The summed E-state index contributed by atoms with van der Waals surface area (Å²) in [5.41, 5.74) is 0.209. The Bertz CT molecular complexity index is 318. The fourth-order valence-electron chi connectivity index (χ4n) is 3.24. The van der Waals surface area contributed by atoms with Gasteiger partial charge < -0.3 is 10.4 Å². The van der Waals surface area contributed by atoms with E-state index in [0.29, 0.717) is 6.42 Å². The topological polar surface area (TPSA) is 49.3 Å². The number of nitrogens with one attached hydrogen (secondary N) is 1. The van der Waals surface area contributed by atoms with Crippen LogP contribution in [0.15, 0.2) is 12.2 Å². The summed E-state index contributed by atoms with van der Waals surface area (Å²) < 4.78 is 0. The average molecular weight is 251 g/mol. The maximum Gasteiger partial charge on any atom is 0.221 e. The van der Waals surface area contributed by atoms with E-state index in [1.165, 1.54) is 32.1 Å². The van der Waals surface area contributed by atoms with Crippen LogP contribution in [0, 0.1) is 11.3 Å². The molecule has 1 fully saturated rings. The Hall–Kier alpha value is -0.830. The molecule has 2 aliphatic rings. The van der Waals surface area contributed by atoms with E-state index in [-0.39, 0.29) is 29.9 Å². The number of aliphatic hydroxyl groups excluding tert-OH is 1. The molecule has 18 heavy (non-hydrogen) atoms. The molecule has 2 aliphatic carbocycles. The van der Waals surface area contributed by atoms with Gasteiger partial charge in [-0.25, -0.2) is 0 Å². The zero-order valence-corrected chi connectivity index (χ0v) is 11.3. The van der Waals surface area contributed by atoms with Crippen LogP contribution in [0.2, 0.25) is 0 Å². The Balaban J connectivity index is 1.77. The SMILES string of the molecule is CC1(CC(=O)N[C@@H]2C=C[C@H](CO)C2)CCCCC1. The van der Waals surface area contributed by atoms with Crippen LogP contribution in [-0.4, -0.2) is 23.7 Å². The normalized spacial score (nSPS) is 30.3. The standard InChI is InChI=1S/C15H25NO2/c1-15(7-3-2-4-8-15)10-14(18)16-13-6-5-12(9-13)11-17/h5-6,12-13,17H,2-4,7-11H2,1H3,(H,16,18)/t12-,13+/m0/s1. The van der Waals surface area contributed by atoms with Crippen molar-refractivity contribution < 1.29 is 9.90 Å². The summed E-state index contributed by atoms with van der Waals surface area (Å²) >= 11 is 0. The molecule has 0 aliphatic heterocycles. The van der Waals surface area contributed by atoms with Crippen LogP contribution in [0.1, 0.15) is 51.9 Å². The van der Waals surface area contributed by atoms with Gasteiger partial charge in [-0.15, -0.1) is 0 Å². The van der Waals surface area contributed by atoms with Crippen LogP contribution in [0.25, 0.3) is 0 Å². The molecule has 0 radical (unpaired) electrons. The van der Waals surface area contributed by atoms with E-state index in [1.54, 1.807) is 0 Å². The Labute approximate surface area is 110 Å². The van der Waals surface area contributed by atoms with Crippen LogP contribution in [0.4, 0.5) is 0 Å². The molecule has 0 aromatic carbocycles. The number of amides is 1. The number of carbonyl (C=O) groups is 1. The second kappa shape index (κ2) is 5.87. The lowest BCUT2D eigenvalue weighted by atomic mass is 9.73. The lowest BCUT2D eigenvalue weighted by Gasteiger charge is -2.33. The van der Waals surface area contributed by atoms with E-state index in [9.17, 15) is 4.79 Å². The van der Waals surface area contributed by atoms with Gasteiger partial charge in [0.25, 0.3) is 0 Å². The summed E-state index contributed by atoms with van der Waals surface area (Å²) in [6.45, 7) is 2.42. The van der Waals surface area contributed by atoms with Crippen LogP contribution in [0.3, 0.4) is 0 Å². The first-order valence-electron chi connectivity index (χ1n) is 7.20. The molecular weight excluding hydrogens is 226 g/mol.